The van der Waals surface area contributed by atoms with Crippen LogP contribution in [0.15, 0.2) is 42.5 Å². The van der Waals surface area contributed by atoms with Crippen molar-refractivity contribution >= 4 is 34.8 Å². The molecular weight excluding hydrogens is 454 g/mol. The van der Waals surface area contributed by atoms with Crippen LogP contribution in [0.25, 0.3) is 0 Å². The quantitative estimate of drug-likeness (QED) is 0.464. The fraction of sp³-hybridized carbons (Fsp3) is 0.462. The van der Waals surface area contributed by atoms with E-state index in [0.29, 0.717) is 22.9 Å². The normalized spacial score (nSPS) is 18.3. The monoisotopic (exact) mass is 485 g/mol. The molecule has 1 heterocycles. The first kappa shape index (κ1) is 24.4. The minimum Gasteiger partial charge on any atom is -0.491 e. The second kappa shape index (κ2) is 12.1. The molecule has 0 spiro atoms. The van der Waals surface area contributed by atoms with Crippen molar-refractivity contribution in [3.63, 3.8) is 0 Å². The number of rotatable bonds is 9. The molecule has 1 saturated heterocycles. The maximum absolute atomic E-state index is 12.7. The third-order valence-corrected chi connectivity index (χ3v) is 6.53. The van der Waals surface area contributed by atoms with Gasteiger partial charge in [-0.05, 0) is 68.1 Å². The Morgan fingerprint density at radius 1 is 0.971 bits per heavy atom. The first-order valence-electron chi connectivity index (χ1n) is 12.1. The summed E-state index contributed by atoms with van der Waals surface area (Å²) in [6, 6.07) is 12.6. The Balaban J connectivity index is 1.24. The lowest BCUT2D eigenvalue weighted by Gasteiger charge is -2.23. The molecule has 1 saturated carbocycles. The van der Waals surface area contributed by atoms with Crippen molar-refractivity contribution in [3.05, 3.63) is 53.1 Å². The number of carbonyl (C=O) groups excluding carboxylic acids is 2. The van der Waals surface area contributed by atoms with E-state index in [1.54, 1.807) is 18.2 Å². The zero-order valence-corrected chi connectivity index (χ0v) is 20.0. The predicted octanol–water partition coefficient (Wildman–Crippen LogP) is 5.01. The Kier molecular flexibility index (Phi) is 8.66. The highest BCUT2D eigenvalue weighted by Gasteiger charge is 2.19. The number of hydrogen-bond donors (Lipinski definition) is 3. The third-order valence-electron chi connectivity index (χ3n) is 6.20. The number of carbonyl (C=O) groups is 2. The van der Waals surface area contributed by atoms with Gasteiger partial charge in [-0.3, -0.25) is 9.59 Å². The summed E-state index contributed by atoms with van der Waals surface area (Å²) in [5.74, 6) is 0.346. The average Bonchev–Trinajstić information content (AvgIpc) is 3.38. The molecule has 2 aromatic rings. The van der Waals surface area contributed by atoms with E-state index in [1.165, 1.54) is 6.42 Å². The molecule has 1 atom stereocenters. The highest BCUT2D eigenvalue weighted by Crippen LogP contribution is 2.23. The Bertz CT molecular complexity index is 971. The van der Waals surface area contributed by atoms with Crippen LogP contribution in [0.5, 0.6) is 5.75 Å². The molecule has 2 amide bonds. The fourth-order valence-electron chi connectivity index (χ4n) is 4.31. The molecule has 3 N–H and O–H groups in total. The van der Waals surface area contributed by atoms with Crippen LogP contribution in [-0.4, -0.2) is 43.7 Å². The maximum Gasteiger partial charge on any atom is 0.253 e. The van der Waals surface area contributed by atoms with Crippen LogP contribution >= 0.6 is 11.6 Å². The number of benzene rings is 2. The summed E-state index contributed by atoms with van der Waals surface area (Å²) in [4.78, 5) is 25.1. The van der Waals surface area contributed by atoms with Crippen LogP contribution in [0.1, 0.15) is 55.3 Å². The molecule has 182 valence electrons. The lowest BCUT2D eigenvalue weighted by atomic mass is 9.95. The average molecular weight is 486 g/mol. The Labute approximate surface area is 205 Å². The van der Waals surface area contributed by atoms with Gasteiger partial charge >= 0.3 is 0 Å². The summed E-state index contributed by atoms with van der Waals surface area (Å²) < 4.78 is 11.3. The van der Waals surface area contributed by atoms with Gasteiger partial charge < -0.3 is 25.4 Å². The van der Waals surface area contributed by atoms with E-state index < -0.39 is 0 Å². The van der Waals surface area contributed by atoms with E-state index in [4.69, 9.17) is 21.1 Å². The summed E-state index contributed by atoms with van der Waals surface area (Å²) in [5.41, 5.74) is 1.71. The highest BCUT2D eigenvalue weighted by molar-refractivity contribution is 6.34. The maximum atomic E-state index is 12.7. The van der Waals surface area contributed by atoms with Crippen LogP contribution in [0, 0.1) is 0 Å². The zero-order chi connectivity index (χ0) is 23.8. The van der Waals surface area contributed by atoms with Crippen LogP contribution in [0.3, 0.4) is 0 Å². The van der Waals surface area contributed by atoms with Gasteiger partial charge in [0.25, 0.3) is 5.91 Å². The number of ether oxygens (including phenoxy) is 2. The second-order valence-electron chi connectivity index (χ2n) is 8.88. The van der Waals surface area contributed by atoms with Crippen molar-refractivity contribution in [2.45, 2.75) is 57.1 Å². The largest absolute Gasteiger partial charge is 0.491 e. The SMILES string of the molecule is O=C(CNc1ccc(OCC2CCCO2)cc1)Nc1ccc(Cl)c(C(=O)NC2CCCCC2)c1. The second-order valence-corrected chi connectivity index (χ2v) is 9.28. The Hall–Kier alpha value is -2.77. The van der Waals surface area contributed by atoms with Crippen LogP contribution < -0.4 is 20.7 Å². The van der Waals surface area contributed by atoms with Gasteiger partial charge in [0.15, 0.2) is 0 Å². The fourth-order valence-corrected chi connectivity index (χ4v) is 4.51. The van der Waals surface area contributed by atoms with Crippen molar-refractivity contribution in [2.24, 2.45) is 0 Å². The molecule has 2 aromatic carbocycles. The van der Waals surface area contributed by atoms with Crippen molar-refractivity contribution < 1.29 is 19.1 Å². The molecule has 2 aliphatic rings. The summed E-state index contributed by atoms with van der Waals surface area (Å²) in [7, 11) is 0. The molecule has 0 aromatic heterocycles. The van der Waals surface area contributed by atoms with Crippen molar-refractivity contribution in [1.29, 1.82) is 0 Å². The van der Waals surface area contributed by atoms with Gasteiger partial charge in [0.05, 0.1) is 23.2 Å². The van der Waals surface area contributed by atoms with E-state index in [-0.39, 0.29) is 30.5 Å². The standard InChI is InChI=1S/C26H32ClN3O4/c27-24-13-10-20(15-23(24)26(32)30-19-5-2-1-3-6-19)29-25(31)16-28-18-8-11-21(12-9-18)34-17-22-7-4-14-33-22/h8-13,15,19,22,28H,1-7,14,16-17H2,(H,29,31)(H,30,32). The molecule has 0 bridgehead atoms. The summed E-state index contributed by atoms with van der Waals surface area (Å²) in [6.07, 6.45) is 7.77. The van der Waals surface area contributed by atoms with E-state index in [9.17, 15) is 9.59 Å². The number of halogens is 1. The minimum absolute atomic E-state index is 0.0857. The van der Waals surface area contributed by atoms with Crippen LogP contribution in [0.2, 0.25) is 5.02 Å². The molecule has 7 nitrogen and oxygen atoms in total. The van der Waals surface area contributed by atoms with Crippen molar-refractivity contribution in [3.8, 4) is 5.75 Å². The van der Waals surface area contributed by atoms with E-state index in [2.05, 4.69) is 16.0 Å². The van der Waals surface area contributed by atoms with Crippen LogP contribution in [-0.2, 0) is 9.53 Å². The first-order chi connectivity index (χ1) is 16.6. The number of anilines is 2. The van der Waals surface area contributed by atoms with E-state index in [0.717, 1.165) is 56.6 Å². The first-order valence-corrected chi connectivity index (χ1v) is 12.4. The Morgan fingerprint density at radius 2 is 1.74 bits per heavy atom. The third kappa shape index (κ3) is 7.11. The molecule has 8 heteroatoms. The molecule has 2 fully saturated rings. The molecule has 1 aliphatic heterocycles. The summed E-state index contributed by atoms with van der Waals surface area (Å²) in [6.45, 7) is 1.45. The number of hydrogen-bond acceptors (Lipinski definition) is 5. The molecule has 1 aliphatic carbocycles. The Morgan fingerprint density at radius 3 is 2.47 bits per heavy atom. The van der Waals surface area contributed by atoms with Crippen molar-refractivity contribution in [1.82, 2.24) is 5.32 Å². The van der Waals surface area contributed by atoms with Gasteiger partial charge in [-0.15, -0.1) is 0 Å². The number of amides is 2. The molecule has 34 heavy (non-hydrogen) atoms. The summed E-state index contributed by atoms with van der Waals surface area (Å²) in [5, 5.41) is 9.35. The van der Waals surface area contributed by atoms with Crippen LogP contribution in [0.4, 0.5) is 11.4 Å². The van der Waals surface area contributed by atoms with Gasteiger partial charge in [0.2, 0.25) is 5.91 Å². The van der Waals surface area contributed by atoms with E-state index >= 15 is 0 Å². The highest BCUT2D eigenvalue weighted by atomic mass is 35.5. The van der Waals surface area contributed by atoms with Gasteiger partial charge in [0.1, 0.15) is 12.4 Å². The minimum atomic E-state index is -0.223. The topological polar surface area (TPSA) is 88.7 Å². The molecule has 4 rings (SSSR count). The smallest absolute Gasteiger partial charge is 0.253 e. The van der Waals surface area contributed by atoms with Gasteiger partial charge in [0, 0.05) is 24.0 Å². The predicted molar refractivity (Wildman–Crippen MR) is 134 cm³/mol. The van der Waals surface area contributed by atoms with Gasteiger partial charge in [-0.2, -0.15) is 0 Å². The van der Waals surface area contributed by atoms with Gasteiger partial charge in [-0.1, -0.05) is 30.9 Å². The molecule has 1 unspecified atom stereocenters. The summed E-state index contributed by atoms with van der Waals surface area (Å²) >= 11 is 6.26. The van der Waals surface area contributed by atoms with Gasteiger partial charge in [-0.25, -0.2) is 0 Å². The lowest BCUT2D eigenvalue weighted by Crippen LogP contribution is -2.36. The zero-order valence-electron chi connectivity index (χ0n) is 19.3. The number of nitrogens with one attached hydrogen (secondary N) is 3. The molecule has 0 radical (unpaired) electrons. The van der Waals surface area contributed by atoms with E-state index in [1.807, 2.05) is 24.3 Å². The lowest BCUT2D eigenvalue weighted by molar-refractivity contribution is -0.114. The van der Waals surface area contributed by atoms with Crippen molar-refractivity contribution in [2.75, 3.05) is 30.4 Å². The molecular formula is C26H32ClN3O4.